The van der Waals surface area contributed by atoms with E-state index in [-0.39, 0.29) is 33.1 Å². The van der Waals surface area contributed by atoms with Gasteiger partial charge in [-0.25, -0.2) is 56.1 Å². The van der Waals surface area contributed by atoms with Crippen molar-refractivity contribution in [2.45, 2.75) is 192 Å². The Morgan fingerprint density at radius 1 is 0.551 bits per heavy atom. The number of Topliss-reactive ketones (excluding diaryl/α,β-unsaturated/α-hetero) is 1. The summed E-state index contributed by atoms with van der Waals surface area (Å²) in [5, 5.41) is 21.6. The summed E-state index contributed by atoms with van der Waals surface area (Å²) in [5.74, 6) is 18.0. The number of halogens is 5. The molecular formula is C95H134F5N8O16PSSi. The average Bonchev–Trinajstić information content (AvgIpc) is 0.771. The highest BCUT2D eigenvalue weighted by molar-refractivity contribution is 7.80. The van der Waals surface area contributed by atoms with Crippen molar-refractivity contribution < 1.29 is 86.8 Å². The molecule has 0 radical (unpaired) electrons. The van der Waals surface area contributed by atoms with Crippen LogP contribution in [-0.4, -0.2) is 55.2 Å². The molecule has 1 aliphatic rings. The second-order valence-corrected chi connectivity index (χ2v) is 36.5. The van der Waals surface area contributed by atoms with E-state index in [1.54, 1.807) is 42.5 Å². The Hall–Kier alpha value is -10.4. The third-order valence-corrected chi connectivity index (χ3v) is 18.7. The van der Waals surface area contributed by atoms with E-state index in [0.29, 0.717) is 28.9 Å². The zero-order chi connectivity index (χ0) is 97.5. The molecule has 10 aromatic carbocycles. The van der Waals surface area contributed by atoms with Crippen LogP contribution in [0, 0.1) is 56.2 Å². The number of non-ortho nitro benzene ring substituents is 2. The number of hydrogen-bond acceptors (Lipinski definition) is 21. The molecule has 1 aliphatic heterocycles. The number of carbonyl (C=O) groups is 1. The van der Waals surface area contributed by atoms with Gasteiger partial charge in [0, 0.05) is 52.5 Å². The Bertz CT molecular complexity index is 4430. The molecule has 0 bridgehead atoms. The van der Waals surface area contributed by atoms with Crippen molar-refractivity contribution in [3.8, 4) is 0 Å². The van der Waals surface area contributed by atoms with Gasteiger partial charge in [-0.1, -0.05) is 272 Å². The van der Waals surface area contributed by atoms with Gasteiger partial charge in [0.25, 0.3) is 18.7 Å². The van der Waals surface area contributed by atoms with Gasteiger partial charge in [-0.15, -0.1) is 13.2 Å². The van der Waals surface area contributed by atoms with Gasteiger partial charge >= 0.3 is 10.4 Å². The van der Waals surface area contributed by atoms with Crippen LogP contribution in [0.2, 0.25) is 19.6 Å². The largest absolute Gasteiger partial charge is 0.413 e. The van der Waals surface area contributed by atoms with E-state index in [0.717, 1.165) is 30.6 Å². The van der Waals surface area contributed by atoms with Crippen LogP contribution >= 0.6 is 7.37 Å². The number of nitrogens with zero attached hydrogens (tertiary/aromatic N) is 2. The molecule has 24 nitrogen and oxygen atoms in total. The van der Waals surface area contributed by atoms with Gasteiger partial charge in [0.15, 0.2) is 29.1 Å². The van der Waals surface area contributed by atoms with E-state index in [1.165, 1.54) is 97.7 Å². The van der Waals surface area contributed by atoms with Gasteiger partial charge in [0.2, 0.25) is 14.1 Å². The first-order chi connectivity index (χ1) is 60.0. The maximum Gasteiger partial charge on any atom is 0.413 e. The summed E-state index contributed by atoms with van der Waals surface area (Å²) < 4.78 is 119. The number of hydrogen-bond donors (Lipinski definition) is 7. The van der Waals surface area contributed by atoms with Gasteiger partial charge in [0.05, 0.1) is 40.3 Å². The maximum atomic E-state index is 12.7. The number of allylic oxidation sites excluding steroid dienone is 2. The fraction of sp³-hybridized carbons (Fsp3) is 0.316. The molecule has 1 saturated heterocycles. The van der Waals surface area contributed by atoms with Crippen LogP contribution in [0.15, 0.2) is 286 Å². The highest BCUT2D eigenvalue weighted by Crippen LogP contribution is 2.42. The quantitative estimate of drug-likeness (QED) is 0.00380. The number of ether oxygens (including phenoxy) is 1. The zero-order valence-corrected chi connectivity index (χ0v) is 78.9. The third kappa shape index (κ3) is 57.9. The first kappa shape index (κ1) is 123. The van der Waals surface area contributed by atoms with Gasteiger partial charge in [0.1, 0.15) is 0 Å². The van der Waals surface area contributed by atoms with Crippen molar-refractivity contribution in [1.29, 1.82) is 0 Å². The molecule has 0 spiro atoms. The summed E-state index contributed by atoms with van der Waals surface area (Å²) >= 11 is 0. The molecule has 1 unspecified atom stereocenters. The smallest absolute Gasteiger partial charge is 0.379 e. The van der Waals surface area contributed by atoms with E-state index in [1.807, 2.05) is 145 Å². The molecular weight excluding hydrogens is 1700 g/mol. The van der Waals surface area contributed by atoms with Gasteiger partial charge in [-0.05, 0) is 171 Å². The second-order valence-electron chi connectivity index (χ2n) is 28.7. The number of nitro benzene ring substituents is 2. The van der Waals surface area contributed by atoms with Crippen LogP contribution in [-0.2, 0) is 72.7 Å². The van der Waals surface area contributed by atoms with Gasteiger partial charge < -0.3 is 9.26 Å². The Morgan fingerprint density at radius 3 is 1.07 bits per heavy atom. The Labute approximate surface area is 750 Å². The van der Waals surface area contributed by atoms with Crippen molar-refractivity contribution >= 4 is 53.9 Å². The Balaban J connectivity index is -0.000000659. The molecule has 11 rings (SSSR count). The molecule has 1 fully saturated rings. The number of nitro groups is 2. The molecule has 127 heavy (non-hydrogen) atoms. The molecule has 0 amide bonds. The molecule has 1 heterocycles. The van der Waals surface area contributed by atoms with Crippen molar-refractivity contribution in [2.75, 3.05) is 6.61 Å². The first-order valence-electron chi connectivity index (χ1n) is 40.4. The maximum absolute atomic E-state index is 12.7. The van der Waals surface area contributed by atoms with Gasteiger partial charge in [-0.3, -0.25) is 48.7 Å². The summed E-state index contributed by atoms with van der Waals surface area (Å²) in [4.78, 5) is 42.9. The summed E-state index contributed by atoms with van der Waals surface area (Å²) in [5.41, 5.74) is 6.74. The number of aryl methyl sites for hydroxylation is 2. The van der Waals surface area contributed by atoms with E-state index in [9.17, 15) is 60.0 Å². The lowest BCUT2D eigenvalue weighted by Gasteiger charge is -2.31. The monoisotopic (exact) mass is 1830 g/mol. The highest BCUT2D eigenvalue weighted by atomic mass is 32.3. The van der Waals surface area contributed by atoms with Crippen LogP contribution in [0.4, 0.5) is 33.3 Å². The summed E-state index contributed by atoms with van der Waals surface area (Å²) in [6.45, 7) is 41.6. The van der Waals surface area contributed by atoms with Crippen LogP contribution in [0.5, 0.6) is 0 Å². The number of rotatable bonds is 17. The van der Waals surface area contributed by atoms with E-state index in [4.69, 9.17) is 37.5 Å². The minimum Gasteiger partial charge on any atom is -0.379 e. The molecule has 0 aliphatic carbocycles. The van der Waals surface area contributed by atoms with Crippen molar-refractivity contribution in [1.82, 2.24) is 0 Å². The number of ketones is 1. The predicted octanol–water partition coefficient (Wildman–Crippen LogP) is 22.9. The average molecular weight is 1830 g/mol. The molecule has 0 aromatic heterocycles. The topological polar surface area (TPSA) is 396 Å². The van der Waals surface area contributed by atoms with Crippen LogP contribution in [0.3, 0.4) is 0 Å². The normalized spacial score (nSPS) is 11.3. The lowest BCUT2D eigenvalue weighted by Crippen LogP contribution is -2.28. The lowest BCUT2D eigenvalue weighted by molar-refractivity contribution is -0.385. The molecule has 32 heteroatoms. The van der Waals surface area contributed by atoms with Crippen molar-refractivity contribution in [2.24, 2.45) is 35.4 Å². The standard InChI is InChI=1S/C20H18.C12H12NO2P.C8H7NO3.C8H9NO2.C7H4F5NO.C7H9NO.C7H8.C6H12O.C4H11NO.C4H8.C3H11NOSi.2C3H8.C3H6.H3NO4S/c1-20(17-11-5-2-6-12-17,18-13-7-3-8-14-18)19-15-9-4-10-16-19;13-15-16(14,11-7-3-1-4-8-11)12-9-5-2-6-10-12;1-6(10)7-2-4-8(5-3-7)9(11)12;1-2-7-3-5-8(6-4-7)9(10)11;8-3-2(1-14-13)4(9)6(11)7(12)5(3)10;8-9-6-7-4-2-1-3-5-7;1-7-5-3-2-4-6-7;1-6-4-2-3-5-7-6;1-4(2,3)6-5;1-3-4-2;1-6(2,3)5-4;3*1-3-2;1-5-6(2,3)4/h2-16H,1H3;1-10H,13H2;2-5H,1H3;3-6H,2H2,1H3;1,13H2;1-5H,6,8H2;2-6H,1H3;6H,2-5H2,1H3;5H2,1-3H3;3H,1,4H2,2H3;4H2,1-3H3;2*3H2,1-2H3;3H,1H2,2H3;1H2,(H,2,3,4). The van der Waals surface area contributed by atoms with Crippen molar-refractivity contribution in [3.63, 3.8) is 0 Å². The van der Waals surface area contributed by atoms with Crippen LogP contribution in [0.1, 0.15) is 178 Å². The predicted molar refractivity (Wildman–Crippen MR) is 505 cm³/mol. The van der Waals surface area contributed by atoms with Crippen LogP contribution in [0.25, 0.3) is 0 Å². The van der Waals surface area contributed by atoms with Crippen LogP contribution < -0.4 is 46.0 Å². The van der Waals surface area contributed by atoms with Crippen molar-refractivity contribution in [3.05, 3.63) is 380 Å². The number of benzene rings is 10. The SMILES string of the molecule is C=CC.C=CCC.CC(=O)c1ccc([N+](=O)[O-])cc1.CC(C)(C)ON.CC(c1ccccc1)(c1ccccc1)c1ccccc1.CC1CCCCO1.CCC.CCC.CCc1ccc([N+](=O)[O-])cc1.C[Si](C)(C)ON.Cc1ccccc1.NOCc1c(F)c(F)c(F)c(F)c1F.NOCc1ccccc1.NOP(=O)(c1ccccc1)c1ccccc1.NOS(=O)(=O)O. The zero-order valence-electron chi connectivity index (χ0n) is 76.2. The van der Waals surface area contributed by atoms with Gasteiger partial charge in [-0.2, -0.15) is 18.6 Å². The second kappa shape index (κ2) is 72.6. The third-order valence-electron chi connectivity index (χ3n) is 15.5. The lowest BCUT2D eigenvalue weighted by atomic mass is 9.71. The number of nitrogens with two attached hydrogens (primary N) is 6. The molecule has 700 valence electrons. The molecule has 13 N–H and O–H groups in total. The molecule has 0 saturated carbocycles. The molecule has 1 atom stereocenters. The highest BCUT2D eigenvalue weighted by Gasteiger charge is 2.31. The Morgan fingerprint density at radius 2 is 0.850 bits per heavy atom. The van der Waals surface area contributed by atoms with E-state index >= 15 is 0 Å². The first-order valence-corrected chi connectivity index (χ1v) is 46.8. The van der Waals surface area contributed by atoms with E-state index < -0.39 is 72.3 Å². The summed E-state index contributed by atoms with van der Waals surface area (Å²) in [6, 6.07) is 82.3. The fourth-order valence-electron chi connectivity index (χ4n) is 8.97. The summed E-state index contributed by atoms with van der Waals surface area (Å²) in [6.07, 6.45) is 12.6. The minimum absolute atomic E-state index is 0.000000000000000222. The minimum atomic E-state index is -4.38. The Kier molecular flexibility index (Phi) is 70.3. The number of carbonyl (C=O) groups excluding carboxylic acids is 1. The summed E-state index contributed by atoms with van der Waals surface area (Å²) in [7, 11) is -8.86. The van der Waals surface area contributed by atoms with E-state index in [2.05, 4.69) is 207 Å². The molecule has 10 aromatic rings. The fourth-order valence-corrected chi connectivity index (χ4v) is 10.6.